The second-order valence-electron chi connectivity index (χ2n) is 6.16. The van der Waals surface area contributed by atoms with Gasteiger partial charge in [-0.3, -0.25) is 0 Å². The largest absolute Gasteiger partial charge is 0.493 e. The molecule has 4 heteroatoms. The van der Waals surface area contributed by atoms with Crippen molar-refractivity contribution in [3.8, 4) is 11.5 Å². The maximum atomic E-state index is 6.26. The van der Waals surface area contributed by atoms with Gasteiger partial charge in [-0.2, -0.15) is 0 Å². The average molecular weight is 356 g/mol. The van der Waals surface area contributed by atoms with Crippen molar-refractivity contribution in [3.05, 3.63) is 22.2 Å². The van der Waals surface area contributed by atoms with Crippen LogP contribution in [0, 0.1) is 11.8 Å². The molecule has 3 atom stereocenters. The molecule has 1 aromatic carbocycles. The Morgan fingerprint density at radius 1 is 1.24 bits per heavy atom. The highest BCUT2D eigenvalue weighted by atomic mass is 79.9. The molecule has 3 nitrogen and oxygen atoms in total. The topological polar surface area (TPSA) is 44.5 Å². The lowest BCUT2D eigenvalue weighted by atomic mass is 9.80. The Balaban J connectivity index is 2.15. The molecule has 0 aliphatic heterocycles. The van der Waals surface area contributed by atoms with Crippen LogP contribution in [0.25, 0.3) is 0 Å². The van der Waals surface area contributed by atoms with Crippen molar-refractivity contribution >= 4 is 15.9 Å². The maximum absolute atomic E-state index is 6.26. The quantitative estimate of drug-likeness (QED) is 0.862. The Morgan fingerprint density at radius 3 is 2.62 bits per heavy atom. The fourth-order valence-electron chi connectivity index (χ4n) is 2.97. The minimum absolute atomic E-state index is 0.279. The van der Waals surface area contributed by atoms with Crippen molar-refractivity contribution in [3.63, 3.8) is 0 Å². The van der Waals surface area contributed by atoms with Gasteiger partial charge in [0.1, 0.15) is 0 Å². The zero-order valence-electron chi connectivity index (χ0n) is 13.2. The smallest absolute Gasteiger partial charge is 0.175 e. The van der Waals surface area contributed by atoms with Crippen LogP contribution in [0.2, 0.25) is 0 Å². The van der Waals surface area contributed by atoms with E-state index in [0.29, 0.717) is 12.5 Å². The molecule has 1 fully saturated rings. The van der Waals surface area contributed by atoms with Crippen LogP contribution in [-0.2, 0) is 6.42 Å². The van der Waals surface area contributed by atoms with E-state index in [1.807, 2.05) is 6.07 Å². The summed E-state index contributed by atoms with van der Waals surface area (Å²) >= 11 is 3.62. The summed E-state index contributed by atoms with van der Waals surface area (Å²) in [5, 5.41) is 0. The summed E-state index contributed by atoms with van der Waals surface area (Å²) in [6.07, 6.45) is 4.58. The van der Waals surface area contributed by atoms with E-state index in [9.17, 15) is 0 Å². The maximum Gasteiger partial charge on any atom is 0.175 e. The summed E-state index contributed by atoms with van der Waals surface area (Å²) in [6, 6.07) is 4.11. The van der Waals surface area contributed by atoms with Gasteiger partial charge in [-0.05, 0) is 77.7 Å². The van der Waals surface area contributed by atoms with Gasteiger partial charge in [0.15, 0.2) is 11.5 Å². The molecule has 2 rings (SSSR count). The van der Waals surface area contributed by atoms with Crippen molar-refractivity contribution in [2.24, 2.45) is 17.6 Å². The molecule has 2 N–H and O–H groups in total. The highest BCUT2D eigenvalue weighted by Gasteiger charge is 2.27. The number of methoxy groups -OCH3 is 1. The van der Waals surface area contributed by atoms with Gasteiger partial charge >= 0.3 is 0 Å². The van der Waals surface area contributed by atoms with Crippen molar-refractivity contribution in [1.82, 2.24) is 0 Å². The first kappa shape index (κ1) is 16.6. The van der Waals surface area contributed by atoms with E-state index in [-0.39, 0.29) is 6.10 Å². The Hall–Kier alpha value is -0.740. The van der Waals surface area contributed by atoms with Crippen LogP contribution in [0.3, 0.4) is 0 Å². The molecule has 0 aromatic heterocycles. The minimum Gasteiger partial charge on any atom is -0.493 e. The van der Waals surface area contributed by atoms with E-state index in [2.05, 4.69) is 35.8 Å². The van der Waals surface area contributed by atoms with Crippen LogP contribution >= 0.6 is 15.9 Å². The number of rotatable bonds is 5. The van der Waals surface area contributed by atoms with Gasteiger partial charge in [-0.25, -0.2) is 0 Å². The summed E-state index contributed by atoms with van der Waals surface area (Å²) in [6.45, 7) is 5.28. The number of halogens is 1. The predicted molar refractivity (Wildman–Crippen MR) is 90.0 cm³/mol. The van der Waals surface area contributed by atoms with Crippen LogP contribution < -0.4 is 15.2 Å². The molecule has 0 saturated heterocycles. The van der Waals surface area contributed by atoms with Crippen molar-refractivity contribution in [1.29, 1.82) is 0 Å². The molecule has 1 saturated carbocycles. The number of hydrogen-bond donors (Lipinski definition) is 1. The van der Waals surface area contributed by atoms with E-state index in [4.69, 9.17) is 15.2 Å². The van der Waals surface area contributed by atoms with E-state index in [1.165, 1.54) is 12.0 Å². The van der Waals surface area contributed by atoms with Crippen LogP contribution in [0.15, 0.2) is 16.6 Å². The lowest BCUT2D eigenvalue weighted by Crippen LogP contribution is -2.29. The number of nitrogens with two attached hydrogens (primary N) is 1. The van der Waals surface area contributed by atoms with Crippen LogP contribution in [-0.4, -0.2) is 19.8 Å². The SMILES string of the molecule is COc1cc(CCN)cc(Br)c1OC1CCC(C)C(C)C1. The van der Waals surface area contributed by atoms with E-state index >= 15 is 0 Å². The molecular formula is C17H26BrNO2. The third-order valence-corrected chi connectivity index (χ3v) is 5.15. The Bertz CT molecular complexity index is 478. The zero-order chi connectivity index (χ0) is 15.4. The van der Waals surface area contributed by atoms with Gasteiger partial charge in [0.2, 0.25) is 0 Å². The van der Waals surface area contributed by atoms with Crippen LogP contribution in [0.1, 0.15) is 38.7 Å². The van der Waals surface area contributed by atoms with Crippen LogP contribution in [0.4, 0.5) is 0 Å². The molecule has 21 heavy (non-hydrogen) atoms. The van der Waals surface area contributed by atoms with Crippen molar-refractivity contribution < 1.29 is 9.47 Å². The third-order valence-electron chi connectivity index (χ3n) is 4.56. The number of ether oxygens (including phenoxy) is 2. The summed E-state index contributed by atoms with van der Waals surface area (Å²) in [4.78, 5) is 0. The average Bonchev–Trinajstić information content (AvgIpc) is 2.45. The highest BCUT2D eigenvalue weighted by molar-refractivity contribution is 9.10. The first-order valence-electron chi connectivity index (χ1n) is 7.78. The van der Waals surface area contributed by atoms with Gasteiger partial charge in [0.05, 0.1) is 17.7 Å². The summed E-state index contributed by atoms with van der Waals surface area (Å²) in [5.41, 5.74) is 6.80. The normalized spacial score (nSPS) is 25.7. The van der Waals surface area contributed by atoms with E-state index < -0.39 is 0 Å². The molecule has 0 spiro atoms. The fourth-order valence-corrected chi connectivity index (χ4v) is 3.55. The molecule has 118 valence electrons. The molecule has 3 unspecified atom stereocenters. The molecular weight excluding hydrogens is 330 g/mol. The molecule has 1 aromatic rings. The number of benzene rings is 1. The Morgan fingerprint density at radius 2 is 2.00 bits per heavy atom. The molecule has 1 aliphatic rings. The first-order valence-corrected chi connectivity index (χ1v) is 8.57. The zero-order valence-corrected chi connectivity index (χ0v) is 14.8. The molecule has 0 bridgehead atoms. The van der Waals surface area contributed by atoms with Gasteiger partial charge in [0.25, 0.3) is 0 Å². The molecule has 0 heterocycles. The Kier molecular flexibility index (Phi) is 5.94. The molecule has 1 aliphatic carbocycles. The number of hydrogen-bond acceptors (Lipinski definition) is 3. The third kappa shape index (κ3) is 4.13. The summed E-state index contributed by atoms with van der Waals surface area (Å²) in [5.74, 6) is 3.12. The summed E-state index contributed by atoms with van der Waals surface area (Å²) in [7, 11) is 1.69. The van der Waals surface area contributed by atoms with Crippen molar-refractivity contribution in [2.75, 3.05) is 13.7 Å². The minimum atomic E-state index is 0.279. The lowest BCUT2D eigenvalue weighted by molar-refractivity contribution is 0.0969. The second kappa shape index (κ2) is 7.50. The fraction of sp³-hybridized carbons (Fsp3) is 0.647. The van der Waals surface area contributed by atoms with E-state index in [1.54, 1.807) is 7.11 Å². The van der Waals surface area contributed by atoms with Crippen LogP contribution in [0.5, 0.6) is 11.5 Å². The van der Waals surface area contributed by atoms with Crippen molar-refractivity contribution in [2.45, 2.75) is 45.6 Å². The molecule has 0 amide bonds. The molecule has 0 radical (unpaired) electrons. The predicted octanol–water partition coefficient (Wildman–Crippen LogP) is 4.16. The van der Waals surface area contributed by atoms with Gasteiger partial charge < -0.3 is 15.2 Å². The second-order valence-corrected chi connectivity index (χ2v) is 7.01. The van der Waals surface area contributed by atoms with Gasteiger partial charge in [0, 0.05) is 0 Å². The van der Waals surface area contributed by atoms with E-state index in [0.717, 1.165) is 41.2 Å². The first-order chi connectivity index (χ1) is 10.0. The monoisotopic (exact) mass is 355 g/mol. The standard InChI is InChI=1S/C17H26BrNO2/c1-11-4-5-14(8-12(11)2)21-17-15(18)9-13(6-7-19)10-16(17)20-3/h9-12,14H,4-8,19H2,1-3H3. The van der Waals surface area contributed by atoms with Gasteiger partial charge in [-0.1, -0.05) is 13.8 Å². The van der Waals surface area contributed by atoms with Gasteiger partial charge in [-0.15, -0.1) is 0 Å². The Labute approximate surface area is 136 Å². The summed E-state index contributed by atoms with van der Waals surface area (Å²) < 4.78 is 12.7. The highest BCUT2D eigenvalue weighted by Crippen LogP contribution is 2.40. The lowest BCUT2D eigenvalue weighted by Gasteiger charge is -2.32.